The summed E-state index contributed by atoms with van der Waals surface area (Å²) >= 11 is 0. The summed E-state index contributed by atoms with van der Waals surface area (Å²) in [7, 11) is 0. The molecule has 9 heavy (non-hydrogen) atoms. The molecule has 0 aromatic rings. The standard InChI is InChI=1S/C5H7F2NO/c6-5(7)2-3(5)1-4(8)9/h3H,1-2H2,(H2,8,9)/t3-/m1/s1. The van der Waals surface area contributed by atoms with Gasteiger partial charge in [0, 0.05) is 18.8 Å². The Balaban J connectivity index is 2.28. The molecule has 52 valence electrons. The molecular formula is C5H7F2NO. The molecule has 0 aromatic carbocycles. The summed E-state index contributed by atoms with van der Waals surface area (Å²) in [5.41, 5.74) is 4.68. The van der Waals surface area contributed by atoms with E-state index in [2.05, 4.69) is 5.73 Å². The number of hydrogen-bond donors (Lipinski definition) is 1. The number of amides is 1. The molecule has 1 saturated carbocycles. The molecule has 0 spiro atoms. The highest BCUT2D eigenvalue weighted by Gasteiger charge is 2.56. The number of halogens is 2. The number of carbonyl (C=O) groups is 1. The van der Waals surface area contributed by atoms with E-state index in [0.717, 1.165) is 0 Å². The Hall–Kier alpha value is -0.670. The summed E-state index contributed by atoms with van der Waals surface area (Å²) < 4.78 is 23.9. The van der Waals surface area contributed by atoms with Crippen molar-refractivity contribution in [3.63, 3.8) is 0 Å². The van der Waals surface area contributed by atoms with Crippen LogP contribution in [0.25, 0.3) is 0 Å². The van der Waals surface area contributed by atoms with Gasteiger partial charge in [-0.2, -0.15) is 0 Å². The third kappa shape index (κ3) is 1.37. The fraction of sp³-hybridized carbons (Fsp3) is 0.800. The van der Waals surface area contributed by atoms with Gasteiger partial charge in [0.05, 0.1) is 0 Å². The maximum Gasteiger partial charge on any atom is 0.252 e. The first-order chi connectivity index (χ1) is 4.02. The van der Waals surface area contributed by atoms with Gasteiger partial charge in [0.25, 0.3) is 5.92 Å². The second kappa shape index (κ2) is 1.65. The maximum atomic E-state index is 11.9. The molecule has 0 bridgehead atoms. The molecule has 1 atom stereocenters. The third-order valence-corrected chi connectivity index (χ3v) is 1.40. The minimum absolute atomic E-state index is 0.171. The highest BCUT2D eigenvalue weighted by atomic mass is 19.3. The van der Waals surface area contributed by atoms with Gasteiger partial charge in [-0.3, -0.25) is 4.79 Å². The predicted octanol–water partition coefficient (Wildman–Crippen LogP) is 0.517. The SMILES string of the molecule is NC(=O)C[C@@H]1CC1(F)F. The molecule has 1 aliphatic carbocycles. The smallest absolute Gasteiger partial charge is 0.252 e. The lowest BCUT2D eigenvalue weighted by molar-refractivity contribution is -0.118. The molecule has 1 fully saturated rings. The topological polar surface area (TPSA) is 43.1 Å². The molecule has 0 unspecified atom stereocenters. The van der Waals surface area contributed by atoms with Crippen molar-refractivity contribution in [1.29, 1.82) is 0 Å². The average Bonchev–Trinajstić information content (AvgIpc) is 2.10. The Morgan fingerprint density at radius 2 is 2.22 bits per heavy atom. The van der Waals surface area contributed by atoms with Crippen LogP contribution in [0, 0.1) is 5.92 Å². The molecule has 0 heterocycles. The van der Waals surface area contributed by atoms with E-state index < -0.39 is 17.7 Å². The van der Waals surface area contributed by atoms with Crippen molar-refractivity contribution >= 4 is 5.91 Å². The van der Waals surface area contributed by atoms with Crippen LogP contribution in [0.4, 0.5) is 8.78 Å². The summed E-state index contributed by atoms with van der Waals surface area (Å²) in [6.07, 6.45) is -0.344. The first-order valence-electron chi connectivity index (χ1n) is 2.68. The first-order valence-corrected chi connectivity index (χ1v) is 2.68. The molecule has 1 amide bonds. The average molecular weight is 135 g/mol. The lowest BCUT2D eigenvalue weighted by Crippen LogP contribution is -2.12. The van der Waals surface area contributed by atoms with Crippen LogP contribution in [0.15, 0.2) is 0 Å². The Morgan fingerprint density at radius 3 is 2.33 bits per heavy atom. The van der Waals surface area contributed by atoms with Crippen LogP contribution in [-0.2, 0) is 4.79 Å². The van der Waals surface area contributed by atoms with Crippen molar-refractivity contribution in [2.24, 2.45) is 11.7 Å². The lowest BCUT2D eigenvalue weighted by atomic mass is 10.3. The normalized spacial score (nSPS) is 29.8. The number of primary amides is 1. The lowest BCUT2D eigenvalue weighted by Gasteiger charge is -1.90. The van der Waals surface area contributed by atoms with E-state index in [1.54, 1.807) is 0 Å². The molecule has 1 aliphatic rings. The monoisotopic (exact) mass is 135 g/mol. The Bertz CT molecular complexity index is 146. The largest absolute Gasteiger partial charge is 0.370 e. The fourth-order valence-corrected chi connectivity index (χ4v) is 0.734. The van der Waals surface area contributed by atoms with E-state index in [1.807, 2.05) is 0 Å². The second-order valence-electron chi connectivity index (χ2n) is 2.33. The van der Waals surface area contributed by atoms with Crippen LogP contribution in [-0.4, -0.2) is 11.8 Å². The van der Waals surface area contributed by atoms with Crippen molar-refractivity contribution in [2.75, 3.05) is 0 Å². The van der Waals surface area contributed by atoms with Gasteiger partial charge in [0.1, 0.15) is 0 Å². The van der Waals surface area contributed by atoms with Gasteiger partial charge in [0.15, 0.2) is 0 Å². The van der Waals surface area contributed by atoms with Gasteiger partial charge in [0.2, 0.25) is 5.91 Å². The zero-order valence-corrected chi connectivity index (χ0v) is 4.73. The summed E-state index contributed by atoms with van der Waals surface area (Å²) in [4.78, 5) is 10.0. The van der Waals surface area contributed by atoms with Crippen molar-refractivity contribution in [1.82, 2.24) is 0 Å². The number of hydrogen-bond acceptors (Lipinski definition) is 1. The van der Waals surface area contributed by atoms with Crippen LogP contribution in [0.3, 0.4) is 0 Å². The highest BCUT2D eigenvalue weighted by molar-refractivity contribution is 5.74. The second-order valence-corrected chi connectivity index (χ2v) is 2.33. The van der Waals surface area contributed by atoms with Crippen molar-refractivity contribution in [3.05, 3.63) is 0 Å². The number of nitrogens with two attached hydrogens (primary N) is 1. The van der Waals surface area contributed by atoms with Gasteiger partial charge in [-0.1, -0.05) is 0 Å². The zero-order valence-electron chi connectivity index (χ0n) is 4.73. The predicted molar refractivity (Wildman–Crippen MR) is 26.9 cm³/mol. The molecule has 2 N–H and O–H groups in total. The summed E-state index contributed by atoms with van der Waals surface area (Å²) in [6.45, 7) is 0. The molecule has 0 radical (unpaired) electrons. The zero-order chi connectivity index (χ0) is 7.07. The maximum absolute atomic E-state index is 11.9. The summed E-state index contributed by atoms with van der Waals surface area (Å²) in [5, 5.41) is 0. The summed E-state index contributed by atoms with van der Waals surface area (Å²) in [5.74, 6) is -4.01. The van der Waals surface area contributed by atoms with Crippen LogP contribution in [0.5, 0.6) is 0 Å². The number of rotatable bonds is 2. The van der Waals surface area contributed by atoms with E-state index >= 15 is 0 Å². The third-order valence-electron chi connectivity index (χ3n) is 1.40. The first kappa shape index (κ1) is 6.45. The minimum Gasteiger partial charge on any atom is -0.370 e. The van der Waals surface area contributed by atoms with E-state index in [0.29, 0.717) is 0 Å². The molecule has 1 rings (SSSR count). The molecule has 0 aliphatic heterocycles. The van der Waals surface area contributed by atoms with E-state index in [4.69, 9.17) is 0 Å². The van der Waals surface area contributed by atoms with Gasteiger partial charge >= 0.3 is 0 Å². The van der Waals surface area contributed by atoms with Gasteiger partial charge in [-0.25, -0.2) is 8.78 Å². The highest BCUT2D eigenvalue weighted by Crippen LogP contribution is 2.50. The Labute approximate surface area is 51.0 Å². The van der Waals surface area contributed by atoms with Crippen LogP contribution in [0.1, 0.15) is 12.8 Å². The fourth-order valence-electron chi connectivity index (χ4n) is 0.734. The van der Waals surface area contributed by atoms with Crippen molar-refractivity contribution in [3.8, 4) is 0 Å². The quantitative estimate of drug-likeness (QED) is 0.589. The van der Waals surface area contributed by atoms with Crippen molar-refractivity contribution in [2.45, 2.75) is 18.8 Å². The summed E-state index contributed by atoms with van der Waals surface area (Å²) in [6, 6.07) is 0. The van der Waals surface area contributed by atoms with Gasteiger partial charge in [-0.15, -0.1) is 0 Å². The minimum atomic E-state index is -2.60. The molecular weight excluding hydrogens is 128 g/mol. The van der Waals surface area contributed by atoms with Crippen LogP contribution in [0.2, 0.25) is 0 Å². The molecule has 4 heteroatoms. The number of alkyl halides is 2. The van der Waals surface area contributed by atoms with E-state index in [9.17, 15) is 13.6 Å². The van der Waals surface area contributed by atoms with E-state index in [1.165, 1.54) is 0 Å². The Morgan fingerprint density at radius 1 is 1.78 bits per heavy atom. The molecule has 0 aromatic heterocycles. The number of carbonyl (C=O) groups excluding carboxylic acids is 1. The van der Waals surface area contributed by atoms with Crippen LogP contribution < -0.4 is 5.73 Å². The van der Waals surface area contributed by atoms with Crippen molar-refractivity contribution < 1.29 is 13.6 Å². The Kier molecular flexibility index (Phi) is 1.18. The van der Waals surface area contributed by atoms with Gasteiger partial charge in [-0.05, 0) is 0 Å². The van der Waals surface area contributed by atoms with Crippen LogP contribution >= 0.6 is 0 Å². The van der Waals surface area contributed by atoms with Gasteiger partial charge < -0.3 is 5.73 Å². The van der Waals surface area contributed by atoms with E-state index in [-0.39, 0.29) is 12.8 Å². The molecule has 2 nitrogen and oxygen atoms in total. The molecule has 0 saturated heterocycles.